The van der Waals surface area contributed by atoms with Crippen molar-refractivity contribution in [2.24, 2.45) is 5.92 Å². The second-order valence-corrected chi connectivity index (χ2v) is 9.69. The topological polar surface area (TPSA) is 50.1 Å². The molecule has 1 unspecified atom stereocenters. The lowest BCUT2D eigenvalue weighted by atomic mass is 10.2. The van der Waals surface area contributed by atoms with Gasteiger partial charge in [0.15, 0.2) is 0 Å². The highest BCUT2D eigenvalue weighted by Crippen LogP contribution is 2.35. The van der Waals surface area contributed by atoms with Gasteiger partial charge in [0, 0.05) is 0 Å². The standard InChI is InChI=1S/C11H19NO2Si/c1-3-14-11(13)10(8-12)9-15(2)6-4-5-7-15/h10H,3-7,9H2,1-2H3. The van der Waals surface area contributed by atoms with Gasteiger partial charge in [-0.3, -0.25) is 4.79 Å². The van der Waals surface area contributed by atoms with E-state index in [0.29, 0.717) is 6.61 Å². The molecule has 15 heavy (non-hydrogen) atoms. The van der Waals surface area contributed by atoms with E-state index < -0.39 is 14.0 Å². The molecule has 0 aromatic carbocycles. The van der Waals surface area contributed by atoms with Crippen molar-refractivity contribution in [2.45, 2.75) is 44.4 Å². The molecule has 0 aromatic heterocycles. The molecule has 1 rings (SSSR count). The molecule has 1 saturated heterocycles. The number of hydrogen-bond acceptors (Lipinski definition) is 3. The molecule has 0 radical (unpaired) electrons. The van der Waals surface area contributed by atoms with E-state index in [1.807, 2.05) is 0 Å². The van der Waals surface area contributed by atoms with Gasteiger partial charge in [-0.1, -0.05) is 31.5 Å². The van der Waals surface area contributed by atoms with Crippen LogP contribution in [0, 0.1) is 17.2 Å². The van der Waals surface area contributed by atoms with Crippen molar-refractivity contribution < 1.29 is 9.53 Å². The molecule has 4 heteroatoms. The molecule has 0 spiro atoms. The van der Waals surface area contributed by atoms with Gasteiger partial charge in [-0.15, -0.1) is 0 Å². The first-order valence-electron chi connectivity index (χ1n) is 5.67. The monoisotopic (exact) mass is 225 g/mol. The van der Waals surface area contributed by atoms with E-state index >= 15 is 0 Å². The fraction of sp³-hybridized carbons (Fsp3) is 0.818. The van der Waals surface area contributed by atoms with Gasteiger partial charge in [-0.2, -0.15) is 5.26 Å². The van der Waals surface area contributed by atoms with Crippen molar-refractivity contribution in [1.29, 1.82) is 5.26 Å². The summed E-state index contributed by atoms with van der Waals surface area (Å²) in [6.45, 7) is 4.46. The second kappa shape index (κ2) is 5.31. The first kappa shape index (κ1) is 12.2. The Morgan fingerprint density at radius 2 is 2.13 bits per heavy atom. The Morgan fingerprint density at radius 1 is 1.53 bits per heavy atom. The van der Waals surface area contributed by atoms with Crippen molar-refractivity contribution in [3.8, 4) is 6.07 Å². The molecule has 0 saturated carbocycles. The number of nitrogens with zero attached hydrogens (tertiary/aromatic N) is 1. The molecular formula is C11H19NO2Si. The lowest BCUT2D eigenvalue weighted by Gasteiger charge is -2.22. The minimum Gasteiger partial charge on any atom is -0.465 e. The molecule has 0 aromatic rings. The maximum Gasteiger partial charge on any atom is 0.323 e. The van der Waals surface area contributed by atoms with Crippen LogP contribution < -0.4 is 0 Å². The fourth-order valence-corrected chi connectivity index (χ4v) is 6.46. The summed E-state index contributed by atoms with van der Waals surface area (Å²) in [4.78, 5) is 11.5. The van der Waals surface area contributed by atoms with Crippen LogP contribution in [-0.2, 0) is 9.53 Å². The van der Waals surface area contributed by atoms with Gasteiger partial charge >= 0.3 is 5.97 Å². The van der Waals surface area contributed by atoms with Crippen LogP contribution >= 0.6 is 0 Å². The van der Waals surface area contributed by atoms with Crippen molar-refractivity contribution in [3.05, 3.63) is 0 Å². The van der Waals surface area contributed by atoms with Crippen LogP contribution in [0.5, 0.6) is 0 Å². The maximum absolute atomic E-state index is 11.5. The number of rotatable bonds is 4. The zero-order valence-electron chi connectivity index (χ0n) is 9.58. The van der Waals surface area contributed by atoms with Crippen LogP contribution in [0.3, 0.4) is 0 Å². The minimum atomic E-state index is -1.29. The summed E-state index contributed by atoms with van der Waals surface area (Å²) in [6.07, 6.45) is 2.56. The van der Waals surface area contributed by atoms with E-state index in [0.717, 1.165) is 6.04 Å². The third-order valence-corrected chi connectivity index (χ3v) is 7.75. The van der Waals surface area contributed by atoms with Crippen LogP contribution in [0.4, 0.5) is 0 Å². The Labute approximate surface area is 92.4 Å². The molecule has 1 aliphatic heterocycles. The van der Waals surface area contributed by atoms with E-state index in [1.165, 1.54) is 24.9 Å². The van der Waals surface area contributed by atoms with Gasteiger partial charge in [0.2, 0.25) is 0 Å². The number of ether oxygens (including phenoxy) is 1. The van der Waals surface area contributed by atoms with E-state index in [-0.39, 0.29) is 5.97 Å². The molecule has 1 atom stereocenters. The van der Waals surface area contributed by atoms with Gasteiger partial charge in [-0.25, -0.2) is 0 Å². The molecule has 0 N–H and O–H groups in total. The SMILES string of the molecule is CCOC(=O)C(C#N)C[Si]1(C)CCCC1. The van der Waals surface area contributed by atoms with Crippen LogP contribution in [-0.4, -0.2) is 20.7 Å². The van der Waals surface area contributed by atoms with E-state index in [1.54, 1.807) is 6.92 Å². The summed E-state index contributed by atoms with van der Waals surface area (Å²) in [5, 5.41) is 8.97. The third-order valence-electron chi connectivity index (χ3n) is 3.23. The van der Waals surface area contributed by atoms with Crippen LogP contribution in [0.15, 0.2) is 0 Å². The quantitative estimate of drug-likeness (QED) is 0.546. The van der Waals surface area contributed by atoms with Gasteiger partial charge in [0.05, 0.1) is 20.7 Å². The summed E-state index contributed by atoms with van der Waals surface area (Å²) in [6, 6.07) is 5.43. The van der Waals surface area contributed by atoms with Crippen molar-refractivity contribution in [3.63, 3.8) is 0 Å². The molecule has 3 nitrogen and oxygen atoms in total. The first-order chi connectivity index (χ1) is 7.11. The maximum atomic E-state index is 11.5. The van der Waals surface area contributed by atoms with E-state index in [2.05, 4.69) is 12.6 Å². The third kappa shape index (κ3) is 3.35. The molecular weight excluding hydrogens is 206 g/mol. The summed E-state index contributed by atoms with van der Waals surface area (Å²) in [5.41, 5.74) is 0. The molecule has 0 amide bonds. The average Bonchev–Trinajstić information content (AvgIpc) is 2.62. The van der Waals surface area contributed by atoms with Crippen LogP contribution in [0.2, 0.25) is 24.7 Å². The number of hydrogen-bond donors (Lipinski definition) is 0. The Balaban J connectivity index is 2.53. The number of carbonyl (C=O) groups is 1. The normalized spacial score (nSPS) is 20.6. The lowest BCUT2D eigenvalue weighted by Crippen LogP contribution is -2.31. The minimum absolute atomic E-state index is 0.319. The number of carbonyl (C=O) groups excluding carboxylic acids is 1. The van der Waals surface area contributed by atoms with Crippen molar-refractivity contribution in [2.75, 3.05) is 6.61 Å². The van der Waals surface area contributed by atoms with Crippen molar-refractivity contribution >= 4 is 14.0 Å². The lowest BCUT2D eigenvalue weighted by molar-refractivity contribution is -0.145. The average molecular weight is 225 g/mol. The molecule has 1 aliphatic rings. The van der Waals surface area contributed by atoms with Crippen LogP contribution in [0.25, 0.3) is 0 Å². The molecule has 0 aliphatic carbocycles. The highest BCUT2D eigenvalue weighted by atomic mass is 28.3. The molecule has 1 heterocycles. The predicted octanol–water partition coefficient (Wildman–Crippen LogP) is 2.56. The number of nitriles is 1. The van der Waals surface area contributed by atoms with E-state index in [9.17, 15) is 4.79 Å². The van der Waals surface area contributed by atoms with Crippen molar-refractivity contribution in [1.82, 2.24) is 0 Å². The Bertz CT molecular complexity index is 266. The highest BCUT2D eigenvalue weighted by molar-refractivity contribution is 6.79. The largest absolute Gasteiger partial charge is 0.465 e. The predicted molar refractivity (Wildman–Crippen MR) is 61.0 cm³/mol. The van der Waals surface area contributed by atoms with Gasteiger partial charge < -0.3 is 4.74 Å². The second-order valence-electron chi connectivity index (χ2n) is 4.66. The van der Waals surface area contributed by atoms with Gasteiger partial charge in [0.1, 0.15) is 5.92 Å². The Hall–Kier alpha value is -0.823. The Morgan fingerprint density at radius 3 is 2.60 bits per heavy atom. The fourth-order valence-electron chi connectivity index (χ4n) is 2.35. The van der Waals surface area contributed by atoms with Crippen LogP contribution in [0.1, 0.15) is 19.8 Å². The highest BCUT2D eigenvalue weighted by Gasteiger charge is 2.36. The van der Waals surface area contributed by atoms with Gasteiger partial charge in [-0.05, 0) is 13.0 Å². The molecule has 84 valence electrons. The zero-order chi connectivity index (χ0) is 11.3. The summed E-state index contributed by atoms with van der Waals surface area (Å²) in [5.74, 6) is -0.833. The smallest absolute Gasteiger partial charge is 0.323 e. The molecule has 1 fully saturated rings. The first-order valence-corrected chi connectivity index (χ1v) is 8.80. The number of esters is 1. The summed E-state index contributed by atoms with van der Waals surface area (Å²) in [7, 11) is -1.29. The zero-order valence-corrected chi connectivity index (χ0v) is 10.6. The van der Waals surface area contributed by atoms with E-state index in [4.69, 9.17) is 10.00 Å². The summed E-state index contributed by atoms with van der Waals surface area (Å²) >= 11 is 0. The van der Waals surface area contributed by atoms with Gasteiger partial charge in [0.25, 0.3) is 0 Å². The summed E-state index contributed by atoms with van der Waals surface area (Å²) < 4.78 is 4.91. The molecule has 0 bridgehead atoms. The Kier molecular flexibility index (Phi) is 4.34.